The van der Waals surface area contributed by atoms with E-state index in [0.717, 1.165) is 36.8 Å². The van der Waals surface area contributed by atoms with Crippen LogP contribution >= 0.6 is 0 Å². The second kappa shape index (κ2) is 13.7. The quantitative estimate of drug-likeness (QED) is 0.201. The van der Waals surface area contributed by atoms with E-state index in [-0.39, 0.29) is 29.5 Å². The number of rotatable bonds is 10. The topological polar surface area (TPSA) is 145 Å². The molecular formula is C33H37N5O6. The second-order valence-electron chi connectivity index (χ2n) is 11.3. The minimum atomic E-state index is -1.28. The van der Waals surface area contributed by atoms with Crippen molar-refractivity contribution in [3.05, 3.63) is 65.4 Å². The molecule has 2 saturated heterocycles. The van der Waals surface area contributed by atoms with Crippen molar-refractivity contribution in [2.24, 2.45) is 5.92 Å². The van der Waals surface area contributed by atoms with Gasteiger partial charge in [-0.1, -0.05) is 12.1 Å². The van der Waals surface area contributed by atoms with Crippen LogP contribution < -0.4 is 10.6 Å². The number of likely N-dealkylation sites (tertiary alicyclic amines) is 2. The van der Waals surface area contributed by atoms with Gasteiger partial charge in [0.2, 0.25) is 11.8 Å². The van der Waals surface area contributed by atoms with E-state index >= 15 is 0 Å². The lowest BCUT2D eigenvalue weighted by Gasteiger charge is -2.31. The summed E-state index contributed by atoms with van der Waals surface area (Å²) in [7, 11) is 1.25. The smallest absolute Gasteiger partial charge is 0.337 e. The van der Waals surface area contributed by atoms with E-state index in [1.165, 1.54) is 19.2 Å². The Labute approximate surface area is 256 Å². The van der Waals surface area contributed by atoms with Gasteiger partial charge in [0.15, 0.2) is 5.78 Å². The van der Waals surface area contributed by atoms with Crippen molar-refractivity contribution in [3.63, 3.8) is 0 Å². The first-order chi connectivity index (χ1) is 21.3. The number of methoxy groups -OCH3 is 1. The summed E-state index contributed by atoms with van der Waals surface area (Å²) in [5, 5.41) is 17.8. The van der Waals surface area contributed by atoms with Gasteiger partial charge in [0.05, 0.1) is 31.3 Å². The molecule has 2 unspecified atom stereocenters. The maximum Gasteiger partial charge on any atom is 0.337 e. The number of nitrogens with one attached hydrogen (secondary N) is 2. The number of fused-ring (bicyclic) bond motifs is 1. The standard InChI is InChI=1S/C33H37N5O6/c1-21-16-24-18-25(11-12-28(24)44-21)35-31(26(19-34)30(40)22-8-7-9-23(17-22)33(42)43-2)36-27-10-3-4-15-38(32(27)41)20-29(39)37-13-5-6-14-37/h7-9,11-12,16-18,26-27,31,35-36H,3-6,10,13-15,20H2,1-2H3/t26?,27-,31?/m0/s1. The van der Waals surface area contributed by atoms with Gasteiger partial charge in [-0.2, -0.15) is 5.26 Å². The van der Waals surface area contributed by atoms with E-state index in [0.29, 0.717) is 37.3 Å². The highest BCUT2D eigenvalue weighted by atomic mass is 16.5. The number of aryl methyl sites for hydroxylation is 1. The van der Waals surface area contributed by atoms with Crippen molar-refractivity contribution in [2.75, 3.05) is 38.6 Å². The molecule has 44 heavy (non-hydrogen) atoms. The highest BCUT2D eigenvalue weighted by Gasteiger charge is 2.36. The van der Waals surface area contributed by atoms with Crippen molar-refractivity contribution in [2.45, 2.75) is 51.2 Å². The van der Waals surface area contributed by atoms with Crippen LogP contribution in [0.15, 0.2) is 52.9 Å². The zero-order valence-corrected chi connectivity index (χ0v) is 25.0. The lowest BCUT2D eigenvalue weighted by molar-refractivity contribution is -0.140. The lowest BCUT2D eigenvalue weighted by atomic mass is 9.93. The third-order valence-corrected chi connectivity index (χ3v) is 8.23. The summed E-state index contributed by atoms with van der Waals surface area (Å²) in [6.45, 7) is 3.73. The predicted molar refractivity (Wildman–Crippen MR) is 163 cm³/mol. The number of hydrogen-bond donors (Lipinski definition) is 2. The molecule has 0 bridgehead atoms. The van der Waals surface area contributed by atoms with Crippen LogP contribution in [-0.4, -0.2) is 78.9 Å². The molecule has 11 nitrogen and oxygen atoms in total. The Morgan fingerprint density at radius 3 is 2.55 bits per heavy atom. The number of nitrogens with zero attached hydrogens (tertiary/aromatic N) is 3. The highest BCUT2D eigenvalue weighted by molar-refractivity contribution is 6.02. The summed E-state index contributed by atoms with van der Waals surface area (Å²) in [5.41, 5.74) is 1.67. The molecule has 2 N–H and O–H groups in total. The first-order valence-electron chi connectivity index (χ1n) is 15.0. The van der Waals surface area contributed by atoms with Crippen LogP contribution in [0.2, 0.25) is 0 Å². The maximum absolute atomic E-state index is 13.8. The molecule has 2 fully saturated rings. The number of Topliss-reactive ketones (excluding diaryl/α,β-unsaturated/α-hetero) is 1. The first kappa shape index (κ1) is 30.8. The molecule has 0 saturated carbocycles. The van der Waals surface area contributed by atoms with Crippen LogP contribution in [-0.2, 0) is 14.3 Å². The largest absolute Gasteiger partial charge is 0.465 e. The molecular weight excluding hydrogens is 562 g/mol. The van der Waals surface area contributed by atoms with Gasteiger partial charge in [0.25, 0.3) is 0 Å². The molecule has 3 atom stereocenters. The Hall–Kier alpha value is -4.69. The number of furan rings is 1. The van der Waals surface area contributed by atoms with E-state index in [1.54, 1.807) is 34.1 Å². The maximum atomic E-state index is 13.8. The Balaban J connectivity index is 1.43. The number of benzene rings is 2. The number of amides is 2. The molecule has 0 aliphatic carbocycles. The van der Waals surface area contributed by atoms with Crippen molar-refractivity contribution in [1.82, 2.24) is 15.1 Å². The zero-order valence-electron chi connectivity index (χ0n) is 25.0. The fourth-order valence-corrected chi connectivity index (χ4v) is 5.91. The predicted octanol–water partition coefficient (Wildman–Crippen LogP) is 3.88. The van der Waals surface area contributed by atoms with Crippen LogP contribution in [0.5, 0.6) is 0 Å². The molecule has 5 rings (SSSR count). The van der Waals surface area contributed by atoms with Crippen LogP contribution in [0.3, 0.4) is 0 Å². The summed E-state index contributed by atoms with van der Waals surface area (Å²) in [4.78, 5) is 56.1. The van der Waals surface area contributed by atoms with Crippen LogP contribution in [0.1, 0.15) is 58.6 Å². The van der Waals surface area contributed by atoms with Gasteiger partial charge >= 0.3 is 5.97 Å². The Morgan fingerprint density at radius 1 is 1.05 bits per heavy atom. The Kier molecular flexibility index (Phi) is 9.60. The van der Waals surface area contributed by atoms with Crippen LogP contribution in [0.4, 0.5) is 5.69 Å². The molecule has 2 aromatic carbocycles. The van der Waals surface area contributed by atoms with Crippen LogP contribution in [0.25, 0.3) is 11.0 Å². The Bertz CT molecular complexity index is 1590. The van der Waals surface area contributed by atoms with Gasteiger partial charge in [-0.3, -0.25) is 19.7 Å². The fraction of sp³-hybridized carbons (Fsp3) is 0.424. The molecule has 230 valence electrons. The number of carbonyl (C=O) groups is 4. The molecule has 11 heteroatoms. The number of esters is 1. The van der Waals surface area contributed by atoms with Crippen molar-refractivity contribution < 1.29 is 28.3 Å². The van der Waals surface area contributed by atoms with Gasteiger partial charge in [0, 0.05) is 36.3 Å². The third kappa shape index (κ3) is 6.92. The average Bonchev–Trinajstić information content (AvgIpc) is 3.67. The van der Waals surface area contributed by atoms with E-state index < -0.39 is 29.9 Å². The van der Waals surface area contributed by atoms with Gasteiger partial charge in [-0.25, -0.2) is 4.79 Å². The summed E-state index contributed by atoms with van der Waals surface area (Å²) in [5.74, 6) is -1.96. The lowest BCUT2D eigenvalue weighted by Crippen LogP contribution is -2.55. The van der Waals surface area contributed by atoms with Gasteiger partial charge < -0.3 is 24.3 Å². The molecule has 3 aromatic rings. The normalized spacial score (nSPS) is 18.4. The number of anilines is 1. The number of carbonyl (C=O) groups excluding carboxylic acids is 4. The summed E-state index contributed by atoms with van der Waals surface area (Å²) in [6.07, 6.45) is 2.91. The summed E-state index contributed by atoms with van der Waals surface area (Å²) >= 11 is 0. The second-order valence-corrected chi connectivity index (χ2v) is 11.3. The van der Waals surface area contributed by atoms with Crippen molar-refractivity contribution >= 4 is 40.2 Å². The minimum absolute atomic E-state index is 0.00649. The van der Waals surface area contributed by atoms with E-state index in [4.69, 9.17) is 9.15 Å². The van der Waals surface area contributed by atoms with E-state index in [9.17, 15) is 24.4 Å². The SMILES string of the molecule is COC(=O)c1cccc(C(=O)C(C#N)C(Nc2ccc3oc(C)cc3c2)N[C@H]2CCCCN(CC(=O)N3CCCC3)C2=O)c1. The molecule has 2 aliphatic heterocycles. The van der Waals surface area contributed by atoms with Gasteiger partial charge in [0.1, 0.15) is 23.4 Å². The molecule has 2 aliphatic rings. The van der Waals surface area contributed by atoms with E-state index in [2.05, 4.69) is 16.7 Å². The minimum Gasteiger partial charge on any atom is -0.465 e. The van der Waals surface area contributed by atoms with Crippen molar-refractivity contribution in [1.29, 1.82) is 5.26 Å². The summed E-state index contributed by atoms with van der Waals surface area (Å²) < 4.78 is 10.5. The molecule has 1 aromatic heterocycles. The molecule has 3 heterocycles. The zero-order chi connectivity index (χ0) is 31.2. The van der Waals surface area contributed by atoms with E-state index in [1.807, 2.05) is 19.1 Å². The highest BCUT2D eigenvalue weighted by Crippen LogP contribution is 2.25. The average molecular weight is 600 g/mol. The first-order valence-corrected chi connectivity index (χ1v) is 15.0. The molecule has 0 radical (unpaired) electrons. The number of ether oxygens (including phenoxy) is 1. The van der Waals surface area contributed by atoms with Gasteiger partial charge in [-0.15, -0.1) is 0 Å². The molecule has 0 spiro atoms. The number of nitriles is 1. The Morgan fingerprint density at radius 2 is 1.80 bits per heavy atom. The molecule has 2 amide bonds. The van der Waals surface area contributed by atoms with Crippen molar-refractivity contribution in [3.8, 4) is 6.07 Å². The monoisotopic (exact) mass is 599 g/mol. The van der Waals surface area contributed by atoms with Crippen LogP contribution in [0, 0.1) is 24.2 Å². The summed E-state index contributed by atoms with van der Waals surface area (Å²) in [6, 6.07) is 14.8. The number of hydrogen-bond acceptors (Lipinski definition) is 9. The van der Waals surface area contributed by atoms with Gasteiger partial charge in [-0.05, 0) is 75.4 Å². The third-order valence-electron chi connectivity index (χ3n) is 8.23. The number of ketones is 1. The fourth-order valence-electron chi connectivity index (χ4n) is 5.91.